The number of anilines is 1. The molecule has 0 atom stereocenters. The minimum Gasteiger partial charge on any atom is -0.378 e. The number of rotatable bonds is 4. The van der Waals surface area contributed by atoms with Crippen LogP contribution in [-0.2, 0) is 21.9 Å². The van der Waals surface area contributed by atoms with Crippen LogP contribution in [0.4, 0.5) is 5.82 Å². The third-order valence-electron chi connectivity index (χ3n) is 5.05. The van der Waals surface area contributed by atoms with Gasteiger partial charge in [-0.3, -0.25) is 4.79 Å². The lowest BCUT2D eigenvalue weighted by atomic mass is 10.2. The molecule has 1 saturated heterocycles. The van der Waals surface area contributed by atoms with E-state index in [1.807, 2.05) is 11.5 Å². The zero-order chi connectivity index (χ0) is 20.6. The van der Waals surface area contributed by atoms with Gasteiger partial charge in [0.1, 0.15) is 10.7 Å². The van der Waals surface area contributed by atoms with Crippen molar-refractivity contribution >= 4 is 26.8 Å². The Bertz CT molecular complexity index is 1210. The molecule has 0 spiro atoms. The molecule has 29 heavy (non-hydrogen) atoms. The Hall–Kier alpha value is -2.84. The second kappa shape index (κ2) is 7.53. The largest absolute Gasteiger partial charge is 0.378 e. The lowest BCUT2D eigenvalue weighted by Gasteiger charge is -2.31. The number of para-hydroxylation sites is 1. The molecule has 8 heteroatoms. The van der Waals surface area contributed by atoms with Gasteiger partial charge >= 0.3 is 10.1 Å². The summed E-state index contributed by atoms with van der Waals surface area (Å²) >= 11 is 0. The first-order chi connectivity index (χ1) is 13.9. The predicted molar refractivity (Wildman–Crippen MR) is 111 cm³/mol. The van der Waals surface area contributed by atoms with Gasteiger partial charge in [0.2, 0.25) is 0 Å². The van der Waals surface area contributed by atoms with Gasteiger partial charge in [-0.05, 0) is 31.2 Å². The Morgan fingerprint density at radius 3 is 2.41 bits per heavy atom. The van der Waals surface area contributed by atoms with Crippen LogP contribution in [-0.4, -0.2) is 39.3 Å². The number of morpholine rings is 1. The van der Waals surface area contributed by atoms with Gasteiger partial charge in [0, 0.05) is 31.6 Å². The fourth-order valence-corrected chi connectivity index (χ4v) is 4.44. The Morgan fingerprint density at radius 1 is 1.03 bits per heavy atom. The smallest absolute Gasteiger partial charge is 0.339 e. The highest BCUT2D eigenvalue weighted by Gasteiger charge is 2.22. The summed E-state index contributed by atoms with van der Waals surface area (Å²) in [6, 6.07) is 12.9. The number of benzene rings is 2. The summed E-state index contributed by atoms with van der Waals surface area (Å²) in [7, 11) is -2.23. The number of hydrogen-bond acceptors (Lipinski definition) is 6. The van der Waals surface area contributed by atoms with E-state index in [0.717, 1.165) is 5.56 Å². The van der Waals surface area contributed by atoms with Crippen LogP contribution in [0.25, 0.3) is 10.9 Å². The van der Waals surface area contributed by atoms with Crippen molar-refractivity contribution < 1.29 is 17.3 Å². The summed E-state index contributed by atoms with van der Waals surface area (Å²) in [6.07, 6.45) is 0. The van der Waals surface area contributed by atoms with Crippen LogP contribution < -0.4 is 14.5 Å². The molecule has 7 nitrogen and oxygen atoms in total. The summed E-state index contributed by atoms with van der Waals surface area (Å²) < 4.78 is 38.3. The third kappa shape index (κ3) is 3.73. The highest BCUT2D eigenvalue weighted by atomic mass is 32.2. The van der Waals surface area contributed by atoms with Crippen molar-refractivity contribution in [3.63, 3.8) is 0 Å². The van der Waals surface area contributed by atoms with E-state index in [4.69, 9.17) is 8.92 Å². The van der Waals surface area contributed by atoms with Crippen LogP contribution in [0.3, 0.4) is 0 Å². The molecular weight excluding hydrogens is 392 g/mol. The average molecular weight is 414 g/mol. The van der Waals surface area contributed by atoms with E-state index in [0.29, 0.717) is 43.0 Å². The van der Waals surface area contributed by atoms with Crippen molar-refractivity contribution in [3.8, 4) is 5.75 Å². The average Bonchev–Trinajstić information content (AvgIpc) is 2.71. The minimum absolute atomic E-state index is 0.0643. The third-order valence-corrected chi connectivity index (χ3v) is 6.30. The number of aryl methyl sites for hydroxylation is 2. The summed E-state index contributed by atoms with van der Waals surface area (Å²) in [5.41, 5.74) is 1.21. The molecular formula is C21H22N2O5S. The van der Waals surface area contributed by atoms with Crippen molar-refractivity contribution in [3.05, 3.63) is 64.3 Å². The topological polar surface area (TPSA) is 77.8 Å². The molecule has 2 heterocycles. The van der Waals surface area contributed by atoms with Crippen molar-refractivity contribution in [2.75, 3.05) is 31.2 Å². The van der Waals surface area contributed by atoms with E-state index in [-0.39, 0.29) is 16.1 Å². The fraction of sp³-hybridized carbons (Fsp3) is 0.286. The molecule has 0 saturated carbocycles. The van der Waals surface area contributed by atoms with Gasteiger partial charge in [0.25, 0.3) is 0 Å². The Labute approximate surface area is 169 Å². The summed E-state index contributed by atoms with van der Waals surface area (Å²) in [5.74, 6) is 0.826. The Balaban J connectivity index is 1.83. The number of fused-ring (bicyclic) bond motifs is 1. The molecule has 4 rings (SSSR count). The standard InChI is InChI=1S/C21H22N2O5S/c1-15-6-8-16(9-7-15)29(25,26)28-19-5-3-4-17-18(24)14-20(22(2)21(17)19)23-10-12-27-13-11-23/h3-9,14H,10-13H2,1-2H3. The van der Waals surface area contributed by atoms with Gasteiger partial charge in [-0.2, -0.15) is 8.42 Å². The Kier molecular flexibility index (Phi) is 5.06. The fourth-order valence-electron chi connectivity index (χ4n) is 3.51. The van der Waals surface area contributed by atoms with Gasteiger partial charge in [-0.15, -0.1) is 0 Å². The molecule has 152 valence electrons. The Morgan fingerprint density at radius 2 is 1.72 bits per heavy atom. The maximum absolute atomic E-state index is 12.8. The van der Waals surface area contributed by atoms with Crippen LogP contribution in [0, 0.1) is 6.92 Å². The number of aromatic nitrogens is 1. The summed E-state index contributed by atoms with van der Waals surface area (Å²) in [4.78, 5) is 14.9. The highest BCUT2D eigenvalue weighted by molar-refractivity contribution is 7.87. The first kappa shape index (κ1) is 19.5. The van der Waals surface area contributed by atoms with Crippen molar-refractivity contribution in [2.24, 2.45) is 7.05 Å². The lowest BCUT2D eigenvalue weighted by Crippen LogP contribution is -2.38. The van der Waals surface area contributed by atoms with Gasteiger partial charge in [-0.25, -0.2) is 0 Å². The molecule has 0 aliphatic carbocycles. The second-order valence-corrected chi connectivity index (χ2v) is 8.57. The van der Waals surface area contributed by atoms with Gasteiger partial charge in [-0.1, -0.05) is 23.8 Å². The summed E-state index contributed by atoms with van der Waals surface area (Å²) in [6.45, 7) is 4.34. The van der Waals surface area contributed by atoms with E-state index in [9.17, 15) is 13.2 Å². The molecule has 0 radical (unpaired) electrons. The normalized spacial score (nSPS) is 14.9. The van der Waals surface area contributed by atoms with Crippen LogP contribution >= 0.6 is 0 Å². The molecule has 3 aromatic rings. The zero-order valence-corrected chi connectivity index (χ0v) is 17.1. The SMILES string of the molecule is Cc1ccc(S(=O)(=O)Oc2cccc3c(=O)cc(N4CCOCC4)n(C)c23)cc1. The predicted octanol–water partition coefficient (Wildman–Crippen LogP) is 2.45. The van der Waals surface area contributed by atoms with E-state index < -0.39 is 10.1 Å². The number of pyridine rings is 1. The molecule has 0 unspecified atom stereocenters. The molecule has 1 aliphatic rings. The molecule has 1 fully saturated rings. The number of hydrogen-bond donors (Lipinski definition) is 0. The molecule has 0 N–H and O–H groups in total. The zero-order valence-electron chi connectivity index (χ0n) is 16.3. The molecule has 0 amide bonds. The monoisotopic (exact) mass is 414 g/mol. The van der Waals surface area contributed by atoms with E-state index in [1.54, 1.807) is 43.4 Å². The minimum atomic E-state index is -4.04. The van der Waals surface area contributed by atoms with Gasteiger partial charge in [0.05, 0.1) is 18.7 Å². The summed E-state index contributed by atoms with van der Waals surface area (Å²) in [5, 5.41) is 0.404. The first-order valence-electron chi connectivity index (χ1n) is 9.33. The van der Waals surface area contributed by atoms with Crippen LogP contribution in [0.2, 0.25) is 0 Å². The lowest BCUT2D eigenvalue weighted by molar-refractivity contribution is 0.122. The molecule has 1 aromatic heterocycles. The first-order valence-corrected chi connectivity index (χ1v) is 10.7. The molecule has 2 aromatic carbocycles. The quantitative estimate of drug-likeness (QED) is 0.611. The maximum Gasteiger partial charge on any atom is 0.339 e. The van der Waals surface area contributed by atoms with Crippen molar-refractivity contribution in [1.82, 2.24) is 4.57 Å². The van der Waals surface area contributed by atoms with E-state index in [1.165, 1.54) is 12.1 Å². The van der Waals surface area contributed by atoms with E-state index in [2.05, 4.69) is 4.90 Å². The maximum atomic E-state index is 12.8. The highest BCUT2D eigenvalue weighted by Crippen LogP contribution is 2.29. The van der Waals surface area contributed by atoms with Crippen molar-refractivity contribution in [2.45, 2.75) is 11.8 Å². The molecule has 1 aliphatic heterocycles. The molecule has 0 bridgehead atoms. The van der Waals surface area contributed by atoms with Crippen LogP contribution in [0.15, 0.2) is 58.2 Å². The van der Waals surface area contributed by atoms with E-state index >= 15 is 0 Å². The van der Waals surface area contributed by atoms with Crippen LogP contribution in [0.5, 0.6) is 5.75 Å². The second-order valence-electron chi connectivity index (χ2n) is 7.03. The number of nitrogens with zero attached hydrogens (tertiary/aromatic N) is 2. The van der Waals surface area contributed by atoms with Gasteiger partial charge < -0.3 is 18.4 Å². The van der Waals surface area contributed by atoms with Crippen molar-refractivity contribution in [1.29, 1.82) is 0 Å². The van der Waals surface area contributed by atoms with Crippen LogP contribution in [0.1, 0.15) is 5.56 Å². The van der Waals surface area contributed by atoms with Gasteiger partial charge in [0.15, 0.2) is 11.2 Å². The number of ether oxygens (including phenoxy) is 1.